The molecule has 6 nitrogen and oxygen atoms in total. The van der Waals surface area contributed by atoms with Gasteiger partial charge in [-0.1, -0.05) is 0 Å². The Morgan fingerprint density at radius 1 is 1.53 bits per heavy atom. The number of rotatable bonds is 3. The molecule has 1 aliphatic heterocycles. The van der Waals surface area contributed by atoms with Crippen LogP contribution in [0.5, 0.6) is 5.75 Å². The fourth-order valence-corrected chi connectivity index (χ4v) is 1.84. The van der Waals surface area contributed by atoms with Gasteiger partial charge in [0.1, 0.15) is 5.75 Å². The van der Waals surface area contributed by atoms with Crippen LogP contribution in [0, 0.1) is 0 Å². The summed E-state index contributed by atoms with van der Waals surface area (Å²) < 4.78 is 4.98. The number of nitrogens with one attached hydrogen (secondary N) is 1. The number of aliphatic hydroxyl groups is 1. The van der Waals surface area contributed by atoms with Crippen molar-refractivity contribution in [3.8, 4) is 5.75 Å². The molecule has 0 fully saturated rings. The van der Waals surface area contributed by atoms with Crippen LogP contribution in [0.1, 0.15) is 12.0 Å². The van der Waals surface area contributed by atoms with Crippen molar-refractivity contribution in [3.05, 3.63) is 23.8 Å². The maximum absolute atomic E-state index is 11.6. The predicted molar refractivity (Wildman–Crippen MR) is 57.8 cm³/mol. The molecule has 0 radical (unpaired) electrons. The average Bonchev–Trinajstić information content (AvgIpc) is 2.50. The molecule has 17 heavy (non-hydrogen) atoms. The van der Waals surface area contributed by atoms with Crippen molar-refractivity contribution in [3.63, 3.8) is 0 Å². The predicted octanol–water partition coefficient (Wildman–Crippen LogP) is 0.310. The van der Waals surface area contributed by atoms with Gasteiger partial charge in [-0.15, -0.1) is 0 Å². The van der Waals surface area contributed by atoms with Crippen molar-refractivity contribution in [1.29, 1.82) is 0 Å². The van der Waals surface area contributed by atoms with E-state index in [2.05, 4.69) is 5.32 Å². The quantitative estimate of drug-likeness (QED) is 0.703. The lowest BCUT2D eigenvalue weighted by atomic mass is 9.92. The average molecular weight is 237 g/mol. The number of carbonyl (C=O) groups excluding carboxylic acids is 1. The number of ether oxygens (including phenoxy) is 1. The minimum atomic E-state index is -2.03. The minimum Gasteiger partial charge on any atom is -0.497 e. The lowest BCUT2D eigenvalue weighted by Gasteiger charge is -2.18. The molecule has 0 bridgehead atoms. The summed E-state index contributed by atoms with van der Waals surface area (Å²) in [4.78, 5) is 22.3. The first-order chi connectivity index (χ1) is 7.97. The maximum Gasteiger partial charge on any atom is 0.307 e. The second-order valence-corrected chi connectivity index (χ2v) is 3.80. The van der Waals surface area contributed by atoms with Gasteiger partial charge < -0.3 is 20.3 Å². The third kappa shape index (κ3) is 1.72. The van der Waals surface area contributed by atoms with E-state index in [0.29, 0.717) is 11.4 Å². The maximum atomic E-state index is 11.6. The fraction of sp³-hybridized carbons (Fsp3) is 0.273. The van der Waals surface area contributed by atoms with Crippen molar-refractivity contribution in [1.82, 2.24) is 0 Å². The Morgan fingerprint density at radius 3 is 2.82 bits per heavy atom. The van der Waals surface area contributed by atoms with E-state index in [4.69, 9.17) is 9.84 Å². The van der Waals surface area contributed by atoms with Gasteiger partial charge in [-0.2, -0.15) is 0 Å². The van der Waals surface area contributed by atoms with Crippen LogP contribution in [-0.2, 0) is 15.2 Å². The number of carboxylic acids is 1. The minimum absolute atomic E-state index is 0.226. The second-order valence-electron chi connectivity index (χ2n) is 3.80. The Morgan fingerprint density at radius 2 is 2.24 bits per heavy atom. The van der Waals surface area contributed by atoms with E-state index in [1.807, 2.05) is 0 Å². The van der Waals surface area contributed by atoms with Crippen LogP contribution < -0.4 is 10.1 Å². The first-order valence-electron chi connectivity index (χ1n) is 4.91. The Hall–Kier alpha value is -2.08. The number of hydrogen-bond donors (Lipinski definition) is 3. The first kappa shape index (κ1) is 11.4. The highest BCUT2D eigenvalue weighted by Crippen LogP contribution is 2.40. The topological polar surface area (TPSA) is 95.9 Å². The number of fused-ring (bicyclic) bond motifs is 1. The summed E-state index contributed by atoms with van der Waals surface area (Å²) in [6.07, 6.45) is -0.682. The molecule has 1 heterocycles. The van der Waals surface area contributed by atoms with E-state index in [1.165, 1.54) is 13.2 Å². The molecule has 0 aromatic heterocycles. The SMILES string of the molecule is COc1ccc2c(c1)C(O)(CC(=O)O)C(=O)N2. The van der Waals surface area contributed by atoms with E-state index in [1.54, 1.807) is 12.1 Å². The van der Waals surface area contributed by atoms with Gasteiger partial charge in [-0.25, -0.2) is 0 Å². The highest BCUT2D eigenvalue weighted by Gasteiger charge is 2.47. The molecule has 3 N–H and O–H groups in total. The van der Waals surface area contributed by atoms with E-state index >= 15 is 0 Å². The summed E-state index contributed by atoms with van der Waals surface area (Å²) in [7, 11) is 1.45. The zero-order valence-corrected chi connectivity index (χ0v) is 9.06. The zero-order chi connectivity index (χ0) is 12.6. The molecular formula is C11H11NO5. The van der Waals surface area contributed by atoms with Crippen molar-refractivity contribution < 1.29 is 24.5 Å². The number of carboxylic acid groups (broad SMARTS) is 1. The van der Waals surface area contributed by atoms with Crippen LogP contribution in [0.4, 0.5) is 5.69 Å². The van der Waals surface area contributed by atoms with Crippen molar-refractivity contribution in [2.75, 3.05) is 12.4 Å². The Kier molecular flexibility index (Phi) is 2.51. The molecule has 1 aromatic rings. The molecule has 0 saturated carbocycles. The summed E-state index contributed by atoms with van der Waals surface area (Å²) in [6.45, 7) is 0. The van der Waals surface area contributed by atoms with Gasteiger partial charge in [-0.3, -0.25) is 9.59 Å². The summed E-state index contributed by atoms with van der Waals surface area (Å²) >= 11 is 0. The molecule has 1 aromatic carbocycles. The molecule has 2 rings (SSSR count). The summed E-state index contributed by atoms with van der Waals surface area (Å²) in [5, 5.41) is 21.3. The summed E-state index contributed by atoms with van der Waals surface area (Å²) in [6, 6.07) is 4.63. The Labute approximate surface area is 96.8 Å². The van der Waals surface area contributed by atoms with Gasteiger partial charge >= 0.3 is 5.97 Å². The van der Waals surface area contributed by atoms with Crippen molar-refractivity contribution in [2.24, 2.45) is 0 Å². The summed E-state index contributed by atoms with van der Waals surface area (Å²) in [5.41, 5.74) is -1.40. The van der Waals surface area contributed by atoms with Gasteiger partial charge in [0.05, 0.1) is 13.5 Å². The highest BCUT2D eigenvalue weighted by atomic mass is 16.5. The van der Waals surface area contributed by atoms with Crippen LogP contribution in [-0.4, -0.2) is 29.2 Å². The number of amides is 1. The van der Waals surface area contributed by atoms with Gasteiger partial charge in [0, 0.05) is 11.3 Å². The molecule has 1 unspecified atom stereocenters. The van der Waals surface area contributed by atoms with Crippen LogP contribution in [0.2, 0.25) is 0 Å². The van der Waals surface area contributed by atoms with Gasteiger partial charge in [0.15, 0.2) is 5.60 Å². The molecule has 0 saturated heterocycles. The molecule has 0 spiro atoms. The number of aliphatic carboxylic acids is 1. The van der Waals surface area contributed by atoms with Crippen molar-refractivity contribution in [2.45, 2.75) is 12.0 Å². The molecule has 1 aliphatic rings. The first-order valence-corrected chi connectivity index (χ1v) is 4.91. The standard InChI is InChI=1S/C11H11NO5/c1-17-6-2-3-8-7(4-6)11(16,5-9(13)14)10(15)12-8/h2-4,16H,5H2,1H3,(H,12,15)(H,13,14). The number of hydrogen-bond acceptors (Lipinski definition) is 4. The lowest BCUT2D eigenvalue weighted by molar-refractivity contribution is -0.149. The number of benzene rings is 1. The Balaban J connectivity index is 2.51. The normalized spacial score (nSPS) is 21.9. The second kappa shape index (κ2) is 3.74. The third-order valence-electron chi connectivity index (χ3n) is 2.70. The molecule has 0 aliphatic carbocycles. The third-order valence-corrected chi connectivity index (χ3v) is 2.70. The molecule has 90 valence electrons. The Bertz CT molecular complexity index is 499. The monoisotopic (exact) mass is 237 g/mol. The van der Waals surface area contributed by atoms with Gasteiger partial charge in [-0.05, 0) is 18.2 Å². The van der Waals surface area contributed by atoms with E-state index in [-0.39, 0.29) is 5.56 Å². The van der Waals surface area contributed by atoms with E-state index in [0.717, 1.165) is 0 Å². The molecular weight excluding hydrogens is 226 g/mol. The largest absolute Gasteiger partial charge is 0.497 e. The summed E-state index contributed by atoms with van der Waals surface area (Å²) in [5.74, 6) is -1.54. The molecule has 1 amide bonds. The lowest BCUT2D eigenvalue weighted by Crippen LogP contribution is -2.36. The molecule has 6 heteroatoms. The number of anilines is 1. The van der Waals surface area contributed by atoms with Gasteiger partial charge in [0.2, 0.25) is 0 Å². The highest BCUT2D eigenvalue weighted by molar-refractivity contribution is 6.06. The van der Waals surface area contributed by atoms with Crippen LogP contribution in [0.15, 0.2) is 18.2 Å². The van der Waals surface area contributed by atoms with Crippen LogP contribution in [0.25, 0.3) is 0 Å². The number of methoxy groups -OCH3 is 1. The van der Waals surface area contributed by atoms with E-state index < -0.39 is 23.9 Å². The van der Waals surface area contributed by atoms with Crippen LogP contribution in [0.3, 0.4) is 0 Å². The number of carbonyl (C=O) groups is 2. The smallest absolute Gasteiger partial charge is 0.307 e. The molecule has 1 atom stereocenters. The van der Waals surface area contributed by atoms with Crippen molar-refractivity contribution >= 4 is 17.6 Å². The van der Waals surface area contributed by atoms with Gasteiger partial charge in [0.25, 0.3) is 5.91 Å². The van der Waals surface area contributed by atoms with E-state index in [9.17, 15) is 14.7 Å². The van der Waals surface area contributed by atoms with Crippen LogP contribution >= 0.6 is 0 Å². The fourth-order valence-electron chi connectivity index (χ4n) is 1.84. The zero-order valence-electron chi connectivity index (χ0n) is 9.06.